The van der Waals surface area contributed by atoms with E-state index in [2.05, 4.69) is 25.5 Å². The van der Waals surface area contributed by atoms with Gasteiger partial charge in [-0.2, -0.15) is 5.10 Å². The highest BCUT2D eigenvalue weighted by Gasteiger charge is 2.12. The van der Waals surface area contributed by atoms with Crippen LogP contribution in [0.5, 0.6) is 0 Å². The van der Waals surface area contributed by atoms with Crippen molar-refractivity contribution in [2.75, 3.05) is 11.9 Å². The third-order valence-electron chi connectivity index (χ3n) is 4.09. The van der Waals surface area contributed by atoms with Crippen LogP contribution < -0.4 is 10.9 Å². The summed E-state index contributed by atoms with van der Waals surface area (Å²) in [6, 6.07) is 9.28. The Morgan fingerprint density at radius 3 is 2.93 bits per heavy atom. The van der Waals surface area contributed by atoms with Crippen LogP contribution in [0.1, 0.15) is 6.92 Å². The van der Waals surface area contributed by atoms with Crippen molar-refractivity contribution in [3.8, 4) is 11.3 Å². The van der Waals surface area contributed by atoms with Crippen LogP contribution in [0.25, 0.3) is 33.1 Å². The maximum Gasteiger partial charge on any atom is 0.272 e. The lowest BCUT2D eigenvalue weighted by molar-refractivity contribution is -0.0734. The number of hydrogen-bond donors (Lipinski definition) is 4. The highest BCUT2D eigenvalue weighted by Crippen LogP contribution is 2.27. The summed E-state index contributed by atoms with van der Waals surface area (Å²) in [5, 5.41) is 19.6. The Bertz CT molecular complexity index is 1190. The van der Waals surface area contributed by atoms with E-state index in [1.165, 1.54) is 18.2 Å². The van der Waals surface area contributed by atoms with E-state index < -0.39 is 12.2 Å². The molecule has 0 saturated carbocycles. The molecule has 0 saturated heterocycles. The molecule has 0 fully saturated rings. The van der Waals surface area contributed by atoms with E-state index in [1.807, 2.05) is 0 Å². The van der Waals surface area contributed by atoms with Crippen LogP contribution in [0, 0.1) is 5.82 Å². The Morgan fingerprint density at radius 2 is 2.11 bits per heavy atom. The minimum Gasteiger partial charge on any atom is -0.351 e. The molecule has 0 aliphatic heterocycles. The van der Waals surface area contributed by atoms with Crippen molar-refractivity contribution in [2.45, 2.75) is 13.3 Å². The summed E-state index contributed by atoms with van der Waals surface area (Å²) < 4.78 is 18.7. The number of H-pyrrole nitrogens is 2. The number of hydrogen-bond acceptors (Lipinski definition) is 6. The number of fused-ring (bicyclic) bond motifs is 2. The average molecular weight is 369 g/mol. The van der Waals surface area contributed by atoms with Gasteiger partial charge in [0.15, 0.2) is 0 Å². The van der Waals surface area contributed by atoms with Gasteiger partial charge in [0, 0.05) is 17.6 Å². The van der Waals surface area contributed by atoms with Gasteiger partial charge in [0.25, 0.3) is 5.56 Å². The summed E-state index contributed by atoms with van der Waals surface area (Å²) in [7, 11) is 0. The Labute approximate surface area is 152 Å². The first-order valence-electron chi connectivity index (χ1n) is 8.29. The van der Waals surface area contributed by atoms with Crippen molar-refractivity contribution < 1.29 is 14.2 Å². The monoisotopic (exact) mass is 369 g/mol. The van der Waals surface area contributed by atoms with Gasteiger partial charge in [0.2, 0.25) is 12.4 Å². The van der Waals surface area contributed by atoms with Crippen LogP contribution in [-0.2, 0) is 4.74 Å². The lowest BCUT2D eigenvalue weighted by Gasteiger charge is -2.10. The fourth-order valence-corrected chi connectivity index (χ4v) is 2.90. The molecule has 9 heteroatoms. The SMILES string of the molecule is CCOC(O)Nc1nc2cc(-c3n[nH]c(=O)c4ccc(F)cc34)ccc2[nH]1. The molecule has 0 radical (unpaired) electrons. The molecule has 0 spiro atoms. The summed E-state index contributed by atoms with van der Waals surface area (Å²) in [6.45, 7) is 2.11. The molecule has 1 atom stereocenters. The first-order chi connectivity index (χ1) is 13.0. The van der Waals surface area contributed by atoms with E-state index in [9.17, 15) is 14.3 Å². The molecule has 4 rings (SSSR count). The van der Waals surface area contributed by atoms with Crippen molar-refractivity contribution in [1.29, 1.82) is 0 Å². The van der Waals surface area contributed by atoms with Crippen molar-refractivity contribution in [3.63, 3.8) is 0 Å². The number of aliphatic hydroxyl groups is 1. The van der Waals surface area contributed by atoms with E-state index in [0.29, 0.717) is 40.1 Å². The number of aromatic nitrogens is 4. The molecule has 2 aromatic heterocycles. The molecule has 27 heavy (non-hydrogen) atoms. The summed E-state index contributed by atoms with van der Waals surface area (Å²) in [5.74, 6) is -0.109. The van der Waals surface area contributed by atoms with Gasteiger partial charge in [-0.05, 0) is 37.3 Å². The van der Waals surface area contributed by atoms with Gasteiger partial charge in [-0.15, -0.1) is 0 Å². The molecule has 4 aromatic rings. The number of ether oxygens (including phenoxy) is 1. The predicted octanol–water partition coefficient (Wildman–Crippen LogP) is 2.33. The van der Waals surface area contributed by atoms with Crippen molar-refractivity contribution in [2.24, 2.45) is 0 Å². The molecule has 0 amide bonds. The molecule has 138 valence electrons. The third kappa shape index (κ3) is 3.25. The lowest BCUT2D eigenvalue weighted by atomic mass is 10.0. The van der Waals surface area contributed by atoms with Crippen molar-refractivity contribution in [3.05, 3.63) is 52.6 Å². The zero-order valence-corrected chi connectivity index (χ0v) is 14.3. The van der Waals surface area contributed by atoms with Gasteiger partial charge in [-0.1, -0.05) is 6.07 Å². The van der Waals surface area contributed by atoms with E-state index in [0.717, 1.165) is 5.52 Å². The maximum absolute atomic E-state index is 13.7. The molecular formula is C18H16FN5O3. The minimum atomic E-state index is -1.18. The second kappa shape index (κ2) is 6.78. The summed E-state index contributed by atoms with van der Waals surface area (Å²) in [6.07, 6.45) is -1.18. The number of rotatable bonds is 5. The third-order valence-corrected chi connectivity index (χ3v) is 4.09. The Balaban J connectivity index is 1.79. The molecule has 0 aliphatic rings. The molecule has 8 nitrogen and oxygen atoms in total. The van der Waals surface area contributed by atoms with Crippen LogP contribution in [0.2, 0.25) is 0 Å². The summed E-state index contributed by atoms with van der Waals surface area (Å²) in [4.78, 5) is 19.3. The van der Waals surface area contributed by atoms with Gasteiger partial charge < -0.3 is 20.1 Å². The van der Waals surface area contributed by atoms with Crippen molar-refractivity contribution in [1.82, 2.24) is 20.2 Å². The molecular weight excluding hydrogens is 353 g/mol. The standard InChI is InChI=1S/C18H16FN5O3/c1-2-27-18(26)22-17-20-13-6-3-9(7-14(13)21-17)15-12-8-10(19)4-5-11(12)16(25)24-23-15/h3-8,18,26H,2H2,1H3,(H,24,25)(H2,20,21,22). The van der Waals surface area contributed by atoms with Gasteiger partial charge in [-0.25, -0.2) is 14.5 Å². The smallest absolute Gasteiger partial charge is 0.272 e. The number of nitrogens with one attached hydrogen (secondary N) is 3. The quantitative estimate of drug-likeness (QED) is 0.401. The molecule has 2 heterocycles. The average Bonchev–Trinajstić information content (AvgIpc) is 3.03. The number of benzene rings is 2. The van der Waals surface area contributed by atoms with Crippen LogP contribution in [-0.4, -0.2) is 38.3 Å². The number of nitrogens with zero attached hydrogens (tertiary/aromatic N) is 2. The van der Waals surface area contributed by atoms with Gasteiger partial charge >= 0.3 is 0 Å². The topological polar surface area (TPSA) is 116 Å². The highest BCUT2D eigenvalue weighted by molar-refractivity contribution is 5.95. The Morgan fingerprint density at radius 1 is 1.26 bits per heavy atom. The largest absolute Gasteiger partial charge is 0.351 e. The second-order valence-corrected chi connectivity index (χ2v) is 5.86. The fourth-order valence-electron chi connectivity index (χ4n) is 2.90. The minimum absolute atomic E-state index is 0.341. The van der Waals surface area contributed by atoms with E-state index >= 15 is 0 Å². The molecule has 2 aromatic carbocycles. The zero-order valence-electron chi connectivity index (χ0n) is 14.3. The Hall–Kier alpha value is -3.30. The maximum atomic E-state index is 13.7. The van der Waals surface area contributed by atoms with Crippen LogP contribution in [0.15, 0.2) is 41.2 Å². The second-order valence-electron chi connectivity index (χ2n) is 5.86. The van der Waals surface area contributed by atoms with Crippen LogP contribution in [0.4, 0.5) is 10.3 Å². The zero-order chi connectivity index (χ0) is 19.0. The van der Waals surface area contributed by atoms with E-state index in [1.54, 1.807) is 25.1 Å². The van der Waals surface area contributed by atoms with Crippen molar-refractivity contribution >= 4 is 27.8 Å². The predicted molar refractivity (Wildman–Crippen MR) is 98.7 cm³/mol. The normalized spacial score (nSPS) is 12.6. The van der Waals surface area contributed by atoms with E-state index in [4.69, 9.17) is 4.74 Å². The fraction of sp³-hybridized carbons (Fsp3) is 0.167. The van der Waals surface area contributed by atoms with Crippen LogP contribution >= 0.6 is 0 Å². The number of imidazole rings is 1. The number of anilines is 1. The van der Waals surface area contributed by atoms with Gasteiger partial charge in [-0.3, -0.25) is 4.79 Å². The molecule has 0 bridgehead atoms. The summed E-state index contributed by atoms with van der Waals surface area (Å²) in [5.41, 5.74) is 2.06. The molecule has 0 aliphatic carbocycles. The lowest BCUT2D eigenvalue weighted by Crippen LogP contribution is -2.22. The highest BCUT2D eigenvalue weighted by atomic mass is 19.1. The number of aliphatic hydroxyl groups excluding tert-OH is 1. The number of halogens is 1. The first-order valence-corrected chi connectivity index (χ1v) is 8.29. The van der Waals surface area contributed by atoms with Crippen LogP contribution in [0.3, 0.4) is 0 Å². The summed E-state index contributed by atoms with van der Waals surface area (Å²) >= 11 is 0. The molecule has 1 unspecified atom stereocenters. The van der Waals surface area contributed by atoms with Gasteiger partial charge in [0.05, 0.1) is 22.1 Å². The first kappa shape index (κ1) is 17.1. The molecule has 4 N–H and O–H groups in total. The van der Waals surface area contributed by atoms with Gasteiger partial charge in [0.1, 0.15) is 5.82 Å². The Kier molecular flexibility index (Phi) is 4.30. The number of aromatic amines is 2. The van der Waals surface area contributed by atoms with E-state index in [-0.39, 0.29) is 5.56 Å².